The molecule has 0 bridgehead atoms. The number of benzene rings is 2. The zero-order chi connectivity index (χ0) is 23.4. The minimum atomic E-state index is -1.32. The van der Waals surface area contributed by atoms with Crippen LogP contribution in [0.1, 0.15) is 15.9 Å². The van der Waals surface area contributed by atoms with Gasteiger partial charge in [-0.15, -0.1) is 0 Å². The highest BCUT2D eigenvalue weighted by molar-refractivity contribution is 5.93. The molecular formula is C21H28O10. The highest BCUT2D eigenvalue weighted by atomic mass is 16.5. The van der Waals surface area contributed by atoms with Gasteiger partial charge in [0.25, 0.3) is 0 Å². The fraction of sp³-hybridized carbons (Fsp3) is 0.381. The van der Waals surface area contributed by atoms with E-state index in [9.17, 15) is 15.0 Å². The molecule has 6 N–H and O–H groups in total. The van der Waals surface area contributed by atoms with Crippen LogP contribution in [-0.2, 0) is 6.42 Å². The van der Waals surface area contributed by atoms with Crippen LogP contribution in [0.15, 0.2) is 36.4 Å². The van der Waals surface area contributed by atoms with Crippen LogP contribution in [0.2, 0.25) is 0 Å². The molecule has 0 aliphatic rings. The summed E-state index contributed by atoms with van der Waals surface area (Å²) in [5, 5.41) is 54.3. The predicted octanol–water partition coefficient (Wildman–Crippen LogP) is 0.422. The molecule has 0 fully saturated rings. The molecule has 0 amide bonds. The average molecular weight is 440 g/mol. The zero-order valence-electron chi connectivity index (χ0n) is 17.3. The number of carboxylic acid groups (broad SMARTS) is 1. The second-order valence-corrected chi connectivity index (χ2v) is 6.29. The molecule has 31 heavy (non-hydrogen) atoms. The molecule has 2 atom stereocenters. The normalized spacial score (nSPS) is 12.2. The number of hydrogen-bond donors (Lipinski definition) is 6. The summed E-state index contributed by atoms with van der Waals surface area (Å²) in [4.78, 5) is 11.0. The van der Waals surface area contributed by atoms with Crippen molar-refractivity contribution in [2.24, 2.45) is 0 Å². The molecule has 0 saturated heterocycles. The number of aliphatic hydroxyl groups is 4. The van der Waals surface area contributed by atoms with E-state index in [1.807, 2.05) is 12.1 Å². The summed E-state index contributed by atoms with van der Waals surface area (Å²) < 4.78 is 15.1. The molecule has 2 rings (SSSR count). The van der Waals surface area contributed by atoms with Crippen LogP contribution >= 0.6 is 0 Å². The van der Waals surface area contributed by atoms with Crippen molar-refractivity contribution >= 4 is 5.97 Å². The van der Waals surface area contributed by atoms with Crippen LogP contribution < -0.4 is 14.2 Å². The third-order valence-corrected chi connectivity index (χ3v) is 4.04. The van der Waals surface area contributed by atoms with E-state index in [0.29, 0.717) is 11.5 Å². The van der Waals surface area contributed by atoms with Gasteiger partial charge in [0.15, 0.2) is 23.0 Å². The first kappa shape index (κ1) is 26.0. The van der Waals surface area contributed by atoms with Gasteiger partial charge in [0, 0.05) is 6.42 Å². The molecule has 0 aliphatic carbocycles. The molecule has 10 nitrogen and oxygen atoms in total. The Kier molecular flexibility index (Phi) is 11.1. The summed E-state index contributed by atoms with van der Waals surface area (Å²) in [6.45, 7) is -0.738. The monoisotopic (exact) mass is 440 g/mol. The van der Waals surface area contributed by atoms with Crippen molar-refractivity contribution in [3.8, 4) is 23.0 Å². The van der Waals surface area contributed by atoms with Crippen molar-refractivity contribution in [2.75, 3.05) is 34.0 Å². The molecule has 10 heteroatoms. The maximum atomic E-state index is 11.0. The Labute approximate surface area is 179 Å². The second kappa shape index (κ2) is 13.3. The number of para-hydroxylation sites is 2. The summed E-state index contributed by atoms with van der Waals surface area (Å²) >= 11 is 0. The lowest BCUT2D eigenvalue weighted by Crippen LogP contribution is -2.21. The van der Waals surface area contributed by atoms with Crippen molar-refractivity contribution < 1.29 is 49.6 Å². The van der Waals surface area contributed by atoms with E-state index in [1.54, 1.807) is 19.2 Å². The Hall–Kier alpha value is -3.05. The Morgan fingerprint density at radius 2 is 1.48 bits per heavy atom. The number of hydrogen-bond acceptors (Lipinski definition) is 9. The Morgan fingerprint density at radius 3 is 2.00 bits per heavy atom. The maximum absolute atomic E-state index is 11.0. The molecular weight excluding hydrogens is 412 g/mol. The third-order valence-electron chi connectivity index (χ3n) is 4.04. The van der Waals surface area contributed by atoms with E-state index in [2.05, 4.69) is 0 Å². The highest BCUT2D eigenvalue weighted by Gasteiger charge is 2.20. The Morgan fingerprint density at radius 1 is 0.903 bits per heavy atom. The van der Waals surface area contributed by atoms with Crippen LogP contribution in [0.25, 0.3) is 0 Å². The van der Waals surface area contributed by atoms with E-state index < -0.39 is 30.5 Å². The number of carbonyl (C=O) groups is 1. The number of aliphatic hydroxyl groups excluding tert-OH is 4. The van der Waals surface area contributed by atoms with Crippen molar-refractivity contribution in [1.29, 1.82) is 0 Å². The second-order valence-electron chi connectivity index (χ2n) is 6.29. The quantitative estimate of drug-likeness (QED) is 0.305. The van der Waals surface area contributed by atoms with Crippen LogP contribution in [0.4, 0.5) is 0 Å². The minimum absolute atomic E-state index is 0.0460. The van der Waals surface area contributed by atoms with E-state index in [-0.39, 0.29) is 36.5 Å². The number of methoxy groups -OCH3 is 2. The first-order chi connectivity index (χ1) is 14.8. The molecule has 0 heterocycles. The minimum Gasteiger partial charge on any atom is -0.504 e. The van der Waals surface area contributed by atoms with E-state index in [0.717, 1.165) is 0 Å². The molecule has 2 aromatic rings. The lowest BCUT2D eigenvalue weighted by Gasteiger charge is -2.13. The molecule has 2 aromatic carbocycles. The zero-order valence-corrected chi connectivity index (χ0v) is 17.3. The van der Waals surface area contributed by atoms with E-state index in [4.69, 9.17) is 34.6 Å². The summed E-state index contributed by atoms with van der Waals surface area (Å²) in [7, 11) is 2.85. The maximum Gasteiger partial charge on any atom is 0.339 e. The van der Waals surface area contributed by atoms with Gasteiger partial charge in [-0.05, 0) is 23.8 Å². The van der Waals surface area contributed by atoms with Gasteiger partial charge in [-0.1, -0.05) is 18.2 Å². The summed E-state index contributed by atoms with van der Waals surface area (Å²) in [5.74, 6) is -0.589. The van der Waals surface area contributed by atoms with Gasteiger partial charge in [0.1, 0.15) is 18.3 Å². The van der Waals surface area contributed by atoms with Gasteiger partial charge in [-0.2, -0.15) is 0 Å². The summed E-state index contributed by atoms with van der Waals surface area (Å²) in [5.41, 5.74) is -0.0887. The standard InChI is InChI=1S/C11H14O6.C10H14O4/c1-17-8-3-2-6(4-7(13)5-12)9(10(8)14)11(15)16;1-13-9-4-2-3-5-10(9)14-7-8(12)6-11/h2-3,7,12-14H,4-5H2,1H3,(H,15,16);2-5,8,11-12H,6-7H2,1H3. The van der Waals surface area contributed by atoms with Crippen LogP contribution in [0.5, 0.6) is 23.0 Å². The largest absolute Gasteiger partial charge is 0.504 e. The van der Waals surface area contributed by atoms with Gasteiger partial charge >= 0.3 is 5.97 Å². The van der Waals surface area contributed by atoms with Crippen LogP contribution in [-0.4, -0.2) is 82.9 Å². The fourth-order valence-corrected chi connectivity index (χ4v) is 2.48. The lowest BCUT2D eigenvalue weighted by atomic mass is 10.0. The van der Waals surface area contributed by atoms with Gasteiger partial charge in [0.05, 0.1) is 33.5 Å². The van der Waals surface area contributed by atoms with Crippen LogP contribution in [0, 0.1) is 0 Å². The molecule has 0 radical (unpaired) electrons. The first-order valence-electron chi connectivity index (χ1n) is 9.24. The average Bonchev–Trinajstić information content (AvgIpc) is 2.77. The van der Waals surface area contributed by atoms with Crippen molar-refractivity contribution in [3.05, 3.63) is 47.5 Å². The van der Waals surface area contributed by atoms with Gasteiger partial charge in [-0.25, -0.2) is 4.79 Å². The fourth-order valence-electron chi connectivity index (χ4n) is 2.48. The van der Waals surface area contributed by atoms with Gasteiger partial charge in [-0.3, -0.25) is 0 Å². The number of rotatable bonds is 10. The molecule has 0 aromatic heterocycles. The number of carboxylic acids is 1. The molecule has 2 unspecified atom stereocenters. The molecule has 172 valence electrons. The van der Waals surface area contributed by atoms with Gasteiger partial charge < -0.3 is 44.8 Å². The van der Waals surface area contributed by atoms with Crippen molar-refractivity contribution in [2.45, 2.75) is 18.6 Å². The van der Waals surface area contributed by atoms with E-state index in [1.165, 1.54) is 19.2 Å². The summed E-state index contributed by atoms with van der Waals surface area (Å²) in [6.07, 6.45) is -1.99. The SMILES string of the molecule is COc1ccc(CC(O)CO)c(C(=O)O)c1O.COc1ccccc1OCC(O)CO. The number of aromatic hydroxyl groups is 1. The number of ether oxygens (including phenoxy) is 3. The lowest BCUT2D eigenvalue weighted by molar-refractivity contribution is 0.0527. The molecule has 0 aliphatic heterocycles. The third kappa shape index (κ3) is 7.95. The number of aromatic carboxylic acids is 1. The molecule has 0 spiro atoms. The van der Waals surface area contributed by atoms with Crippen molar-refractivity contribution in [3.63, 3.8) is 0 Å². The smallest absolute Gasteiger partial charge is 0.339 e. The van der Waals surface area contributed by atoms with Crippen molar-refractivity contribution in [1.82, 2.24) is 0 Å². The van der Waals surface area contributed by atoms with Crippen LogP contribution in [0.3, 0.4) is 0 Å². The summed E-state index contributed by atoms with van der Waals surface area (Å²) in [6, 6.07) is 9.98. The van der Waals surface area contributed by atoms with Gasteiger partial charge in [0.2, 0.25) is 0 Å². The Bertz CT molecular complexity index is 824. The number of phenols is 1. The predicted molar refractivity (Wildman–Crippen MR) is 110 cm³/mol. The Balaban J connectivity index is 0.000000316. The highest BCUT2D eigenvalue weighted by Crippen LogP contribution is 2.32. The van der Waals surface area contributed by atoms with E-state index >= 15 is 0 Å². The molecule has 0 saturated carbocycles. The first-order valence-corrected chi connectivity index (χ1v) is 9.24. The topological polar surface area (TPSA) is 166 Å².